The van der Waals surface area contributed by atoms with Gasteiger partial charge in [-0.15, -0.1) is 0 Å². The highest BCUT2D eigenvalue weighted by Gasteiger charge is 2.15. The molecule has 1 aromatic heterocycles. The van der Waals surface area contributed by atoms with Gasteiger partial charge in [0.2, 0.25) is 15.8 Å². The zero-order valence-corrected chi connectivity index (χ0v) is 12.5. The molecule has 0 atom stereocenters. The first-order chi connectivity index (χ1) is 9.83. The topological polar surface area (TPSA) is 140 Å². The Balaban J connectivity index is 2.74. The maximum absolute atomic E-state index is 10.9. The molecule has 118 valence electrons. The van der Waals surface area contributed by atoms with Crippen LogP contribution in [0.5, 0.6) is 0 Å². The molecule has 4 N–H and O–H groups in total. The molecule has 10 heteroatoms. The van der Waals surface area contributed by atoms with Crippen molar-refractivity contribution in [1.82, 2.24) is 4.98 Å². The molecule has 0 aliphatic heterocycles. The molecular weight excluding hydrogens is 298 g/mol. The van der Waals surface area contributed by atoms with Crippen LogP contribution in [0.25, 0.3) is 0 Å². The third kappa shape index (κ3) is 6.36. The van der Waals surface area contributed by atoms with Crippen LogP contribution in [0, 0.1) is 10.1 Å². The van der Waals surface area contributed by atoms with E-state index in [4.69, 9.17) is 5.14 Å². The van der Waals surface area contributed by atoms with Crippen LogP contribution in [-0.2, 0) is 10.0 Å². The Hall–Kier alpha value is -1.94. The Labute approximate surface area is 123 Å². The van der Waals surface area contributed by atoms with E-state index in [2.05, 4.69) is 15.6 Å². The van der Waals surface area contributed by atoms with Gasteiger partial charge in [0.05, 0.1) is 10.7 Å². The number of hydrogen-bond acceptors (Lipinski definition) is 7. The maximum atomic E-state index is 10.9. The predicted octanol–water partition coefficient (Wildman–Crippen LogP) is 0.902. The molecule has 0 bridgehead atoms. The standard InChI is InChI=1S/C11H19N5O4S/c1-2-6-13-10-5-4-9(16(17)18)11(15-10)14-7-3-8-21(12,19)20/h4-5H,2-3,6-8H2,1H3,(H2,12,19,20)(H2,13,14,15). The third-order valence-electron chi connectivity index (χ3n) is 2.52. The molecule has 1 aromatic rings. The van der Waals surface area contributed by atoms with E-state index in [1.54, 1.807) is 0 Å². The molecule has 0 saturated carbocycles. The number of nitrogens with zero attached hydrogens (tertiary/aromatic N) is 2. The van der Waals surface area contributed by atoms with E-state index in [0.717, 1.165) is 6.42 Å². The second kappa shape index (κ2) is 7.74. The molecule has 0 spiro atoms. The molecule has 0 saturated heterocycles. The van der Waals surface area contributed by atoms with Gasteiger partial charge in [-0.2, -0.15) is 0 Å². The molecule has 21 heavy (non-hydrogen) atoms. The molecule has 0 aliphatic rings. The Morgan fingerprint density at radius 1 is 1.33 bits per heavy atom. The number of sulfonamides is 1. The quantitative estimate of drug-likeness (QED) is 0.349. The van der Waals surface area contributed by atoms with Gasteiger partial charge < -0.3 is 10.6 Å². The van der Waals surface area contributed by atoms with E-state index >= 15 is 0 Å². The van der Waals surface area contributed by atoms with Crippen molar-refractivity contribution in [3.8, 4) is 0 Å². The van der Waals surface area contributed by atoms with Gasteiger partial charge in [-0.25, -0.2) is 18.5 Å². The van der Waals surface area contributed by atoms with Gasteiger partial charge in [-0.3, -0.25) is 10.1 Å². The third-order valence-corrected chi connectivity index (χ3v) is 3.38. The summed E-state index contributed by atoms with van der Waals surface area (Å²) in [7, 11) is -3.53. The zero-order valence-electron chi connectivity index (χ0n) is 11.7. The van der Waals surface area contributed by atoms with Crippen molar-refractivity contribution < 1.29 is 13.3 Å². The number of nitrogens with two attached hydrogens (primary N) is 1. The van der Waals surface area contributed by atoms with Crippen molar-refractivity contribution in [3.05, 3.63) is 22.2 Å². The van der Waals surface area contributed by atoms with E-state index in [0.29, 0.717) is 12.4 Å². The smallest absolute Gasteiger partial charge is 0.311 e. The summed E-state index contributed by atoms with van der Waals surface area (Å²) in [6, 6.07) is 2.89. The molecule has 1 rings (SSSR count). The van der Waals surface area contributed by atoms with Crippen molar-refractivity contribution in [2.24, 2.45) is 5.14 Å². The van der Waals surface area contributed by atoms with Crippen molar-refractivity contribution in [2.75, 3.05) is 29.5 Å². The molecular formula is C11H19N5O4S. The van der Waals surface area contributed by atoms with Crippen LogP contribution in [0.1, 0.15) is 19.8 Å². The SMILES string of the molecule is CCCNc1ccc([N+](=O)[O-])c(NCCCS(N)(=O)=O)n1. The Kier molecular flexibility index (Phi) is 6.31. The van der Waals surface area contributed by atoms with Gasteiger partial charge >= 0.3 is 5.69 Å². The first-order valence-corrected chi connectivity index (χ1v) is 8.18. The number of aromatic nitrogens is 1. The van der Waals surface area contributed by atoms with Gasteiger partial charge in [0.1, 0.15) is 5.82 Å². The highest BCUT2D eigenvalue weighted by Crippen LogP contribution is 2.23. The zero-order chi connectivity index (χ0) is 15.9. The summed E-state index contributed by atoms with van der Waals surface area (Å²) in [4.78, 5) is 14.5. The summed E-state index contributed by atoms with van der Waals surface area (Å²) >= 11 is 0. The van der Waals surface area contributed by atoms with E-state index < -0.39 is 14.9 Å². The first-order valence-electron chi connectivity index (χ1n) is 6.47. The predicted molar refractivity (Wildman–Crippen MR) is 80.8 cm³/mol. The molecule has 0 amide bonds. The second-order valence-corrected chi connectivity index (χ2v) is 6.13. The first kappa shape index (κ1) is 17.1. The molecule has 0 unspecified atom stereocenters. The van der Waals surface area contributed by atoms with E-state index in [1.807, 2.05) is 6.92 Å². The normalized spacial score (nSPS) is 11.1. The lowest BCUT2D eigenvalue weighted by Gasteiger charge is -2.09. The second-order valence-electron chi connectivity index (χ2n) is 4.40. The Morgan fingerprint density at radius 3 is 2.62 bits per heavy atom. The average Bonchev–Trinajstić information content (AvgIpc) is 2.40. The summed E-state index contributed by atoms with van der Waals surface area (Å²) in [5, 5.41) is 21.6. The molecule has 9 nitrogen and oxygen atoms in total. The van der Waals surface area contributed by atoms with E-state index in [-0.39, 0.29) is 30.2 Å². The maximum Gasteiger partial charge on any atom is 0.311 e. The van der Waals surface area contributed by atoms with E-state index in [1.165, 1.54) is 12.1 Å². The minimum atomic E-state index is -3.53. The van der Waals surface area contributed by atoms with Crippen molar-refractivity contribution in [1.29, 1.82) is 0 Å². The lowest BCUT2D eigenvalue weighted by molar-refractivity contribution is -0.384. The van der Waals surface area contributed by atoms with Crippen molar-refractivity contribution in [2.45, 2.75) is 19.8 Å². The number of nitrogens with one attached hydrogen (secondary N) is 2. The number of rotatable bonds is 9. The number of primary sulfonamides is 1. The molecule has 0 radical (unpaired) electrons. The van der Waals surface area contributed by atoms with Crippen LogP contribution in [0.2, 0.25) is 0 Å². The monoisotopic (exact) mass is 317 g/mol. The van der Waals surface area contributed by atoms with Crippen LogP contribution >= 0.6 is 0 Å². The van der Waals surface area contributed by atoms with Gasteiger partial charge in [0.25, 0.3) is 0 Å². The number of pyridine rings is 1. The largest absolute Gasteiger partial charge is 0.370 e. The molecule has 0 aromatic carbocycles. The van der Waals surface area contributed by atoms with Gasteiger partial charge in [0, 0.05) is 19.2 Å². The summed E-state index contributed by atoms with van der Waals surface area (Å²) in [5.41, 5.74) is -0.160. The lowest BCUT2D eigenvalue weighted by Crippen LogP contribution is -2.19. The highest BCUT2D eigenvalue weighted by molar-refractivity contribution is 7.89. The Bertz CT molecular complexity index is 590. The van der Waals surface area contributed by atoms with Crippen molar-refractivity contribution in [3.63, 3.8) is 0 Å². The van der Waals surface area contributed by atoms with Crippen LogP contribution in [-0.4, -0.2) is 37.2 Å². The fourth-order valence-corrected chi connectivity index (χ4v) is 2.11. The van der Waals surface area contributed by atoms with Crippen LogP contribution in [0.3, 0.4) is 0 Å². The fraction of sp³-hybridized carbons (Fsp3) is 0.545. The minimum absolute atomic E-state index is 0.107. The summed E-state index contributed by atoms with van der Waals surface area (Å²) in [5.74, 6) is 0.439. The fourth-order valence-electron chi connectivity index (χ4n) is 1.56. The van der Waals surface area contributed by atoms with Gasteiger partial charge in [-0.05, 0) is 18.9 Å². The number of anilines is 2. The summed E-state index contributed by atoms with van der Waals surface area (Å²) < 4.78 is 21.6. The van der Waals surface area contributed by atoms with Crippen molar-refractivity contribution >= 4 is 27.3 Å². The van der Waals surface area contributed by atoms with Crippen LogP contribution in [0.15, 0.2) is 12.1 Å². The highest BCUT2D eigenvalue weighted by atomic mass is 32.2. The molecule has 0 aliphatic carbocycles. The lowest BCUT2D eigenvalue weighted by atomic mass is 10.3. The van der Waals surface area contributed by atoms with Gasteiger partial charge in [0.15, 0.2) is 0 Å². The van der Waals surface area contributed by atoms with Gasteiger partial charge in [-0.1, -0.05) is 6.92 Å². The summed E-state index contributed by atoms with van der Waals surface area (Å²) in [6.45, 7) is 2.92. The van der Waals surface area contributed by atoms with Crippen LogP contribution in [0.4, 0.5) is 17.3 Å². The summed E-state index contributed by atoms with van der Waals surface area (Å²) in [6.07, 6.45) is 1.14. The molecule has 0 fully saturated rings. The number of hydrogen-bond donors (Lipinski definition) is 3. The Morgan fingerprint density at radius 2 is 2.05 bits per heavy atom. The average molecular weight is 317 g/mol. The number of nitro groups is 1. The van der Waals surface area contributed by atoms with E-state index in [9.17, 15) is 18.5 Å². The minimum Gasteiger partial charge on any atom is -0.370 e. The van der Waals surface area contributed by atoms with Crippen LogP contribution < -0.4 is 15.8 Å². The molecule has 1 heterocycles.